The molecule has 0 fully saturated rings. The average molecular weight is 381 g/mol. The number of aromatic nitrogens is 2. The van der Waals surface area contributed by atoms with Crippen molar-refractivity contribution in [3.8, 4) is 0 Å². The fourth-order valence-electron chi connectivity index (χ4n) is 2.70. The molecule has 27 heavy (non-hydrogen) atoms. The van der Waals surface area contributed by atoms with E-state index in [1.54, 1.807) is 0 Å². The summed E-state index contributed by atoms with van der Waals surface area (Å²) in [6.45, 7) is 3.90. The van der Waals surface area contributed by atoms with E-state index < -0.39 is 0 Å². The number of aromatic amines is 1. The number of thioether (sulfide) groups is 1. The third kappa shape index (κ3) is 5.14. The number of carbonyl (C=O) groups is 1. The van der Waals surface area contributed by atoms with E-state index in [1.807, 2.05) is 63.4 Å². The Balaban J connectivity index is 1.62. The number of hydrogen-bond acceptors (Lipinski definition) is 4. The molecule has 0 radical (unpaired) electrons. The number of imidazole rings is 1. The SMILES string of the molecule is CNc1cccc(NC(=O)C(C)Sc2nc(Cc3ccccc3)c(C)[nH]2)c1. The highest BCUT2D eigenvalue weighted by atomic mass is 32.2. The summed E-state index contributed by atoms with van der Waals surface area (Å²) in [6.07, 6.45) is 0.779. The number of benzene rings is 2. The summed E-state index contributed by atoms with van der Waals surface area (Å²) in [5.41, 5.74) is 5.01. The number of hydrogen-bond donors (Lipinski definition) is 3. The van der Waals surface area contributed by atoms with Gasteiger partial charge >= 0.3 is 0 Å². The molecule has 0 saturated heterocycles. The summed E-state index contributed by atoms with van der Waals surface area (Å²) >= 11 is 1.43. The van der Waals surface area contributed by atoms with Gasteiger partial charge in [0.25, 0.3) is 0 Å². The standard InChI is InChI=1S/C21H24N4OS/c1-14-19(12-16-8-5-4-6-9-16)25-21(23-14)27-15(2)20(26)24-18-11-7-10-17(13-18)22-3/h4-11,13,15,22H,12H2,1-3H3,(H,23,25)(H,24,26). The topological polar surface area (TPSA) is 69.8 Å². The molecule has 0 bridgehead atoms. The Morgan fingerprint density at radius 1 is 1.15 bits per heavy atom. The highest BCUT2D eigenvalue weighted by Gasteiger charge is 2.18. The van der Waals surface area contributed by atoms with E-state index in [1.165, 1.54) is 17.3 Å². The largest absolute Gasteiger partial charge is 0.388 e. The number of rotatable bonds is 7. The monoisotopic (exact) mass is 380 g/mol. The number of aryl methyl sites for hydroxylation is 1. The lowest BCUT2D eigenvalue weighted by Crippen LogP contribution is -2.22. The number of nitrogens with zero attached hydrogens (tertiary/aromatic N) is 1. The van der Waals surface area contributed by atoms with Crippen molar-refractivity contribution in [2.24, 2.45) is 0 Å². The van der Waals surface area contributed by atoms with Crippen LogP contribution in [0.1, 0.15) is 23.9 Å². The molecular weight excluding hydrogens is 356 g/mol. The molecule has 0 aliphatic rings. The molecule has 6 heteroatoms. The van der Waals surface area contributed by atoms with Crippen molar-refractivity contribution in [2.45, 2.75) is 30.7 Å². The molecule has 0 saturated carbocycles. The van der Waals surface area contributed by atoms with Gasteiger partial charge in [-0.3, -0.25) is 4.79 Å². The van der Waals surface area contributed by atoms with Crippen LogP contribution in [-0.2, 0) is 11.2 Å². The predicted molar refractivity (Wildman–Crippen MR) is 113 cm³/mol. The van der Waals surface area contributed by atoms with Crippen LogP contribution in [-0.4, -0.2) is 28.2 Å². The average Bonchev–Trinajstić information content (AvgIpc) is 3.01. The summed E-state index contributed by atoms with van der Waals surface area (Å²) in [5, 5.41) is 6.53. The van der Waals surface area contributed by atoms with E-state index in [-0.39, 0.29) is 11.2 Å². The maximum Gasteiger partial charge on any atom is 0.237 e. The molecule has 1 unspecified atom stereocenters. The van der Waals surface area contributed by atoms with E-state index in [0.717, 1.165) is 34.3 Å². The van der Waals surface area contributed by atoms with Gasteiger partial charge in [-0.15, -0.1) is 0 Å². The summed E-state index contributed by atoms with van der Waals surface area (Å²) in [6, 6.07) is 17.9. The minimum absolute atomic E-state index is 0.0492. The maximum atomic E-state index is 12.5. The van der Waals surface area contributed by atoms with Crippen molar-refractivity contribution in [3.05, 3.63) is 71.5 Å². The van der Waals surface area contributed by atoms with Crippen LogP contribution in [0.5, 0.6) is 0 Å². The molecule has 3 rings (SSSR count). The fourth-order valence-corrected chi connectivity index (χ4v) is 3.58. The quantitative estimate of drug-likeness (QED) is 0.529. The maximum absolute atomic E-state index is 12.5. The van der Waals surface area contributed by atoms with Crippen molar-refractivity contribution >= 4 is 29.0 Å². The van der Waals surface area contributed by atoms with Crippen LogP contribution in [0.4, 0.5) is 11.4 Å². The van der Waals surface area contributed by atoms with Crippen LogP contribution in [0, 0.1) is 6.92 Å². The van der Waals surface area contributed by atoms with Crippen LogP contribution in [0.15, 0.2) is 59.8 Å². The van der Waals surface area contributed by atoms with E-state index in [2.05, 4.69) is 32.7 Å². The summed E-state index contributed by atoms with van der Waals surface area (Å²) in [5.74, 6) is -0.0492. The fraction of sp³-hybridized carbons (Fsp3) is 0.238. The molecule has 3 N–H and O–H groups in total. The zero-order chi connectivity index (χ0) is 19.2. The van der Waals surface area contributed by atoms with Gasteiger partial charge in [0.2, 0.25) is 5.91 Å². The minimum atomic E-state index is -0.265. The molecule has 0 spiro atoms. The van der Waals surface area contributed by atoms with E-state index in [0.29, 0.717) is 0 Å². The van der Waals surface area contributed by atoms with Gasteiger partial charge in [-0.2, -0.15) is 0 Å². The normalized spacial score (nSPS) is 11.8. The van der Waals surface area contributed by atoms with Crippen molar-refractivity contribution in [3.63, 3.8) is 0 Å². The summed E-state index contributed by atoms with van der Waals surface area (Å²) in [4.78, 5) is 20.5. The van der Waals surface area contributed by atoms with Gasteiger partial charge in [-0.25, -0.2) is 4.98 Å². The highest BCUT2D eigenvalue weighted by Crippen LogP contribution is 2.24. The molecule has 1 aromatic heterocycles. The molecule has 1 amide bonds. The van der Waals surface area contributed by atoms with Gasteiger partial charge in [-0.1, -0.05) is 48.2 Å². The van der Waals surface area contributed by atoms with Crippen LogP contribution >= 0.6 is 11.8 Å². The van der Waals surface area contributed by atoms with Gasteiger partial charge < -0.3 is 15.6 Å². The Kier molecular flexibility index (Phi) is 6.19. The van der Waals surface area contributed by atoms with E-state index in [4.69, 9.17) is 0 Å². The van der Waals surface area contributed by atoms with Crippen LogP contribution in [0.25, 0.3) is 0 Å². The molecule has 1 atom stereocenters. The lowest BCUT2D eigenvalue weighted by atomic mass is 10.1. The first-order chi connectivity index (χ1) is 13.0. The Bertz CT molecular complexity index is 908. The number of H-pyrrole nitrogens is 1. The lowest BCUT2D eigenvalue weighted by molar-refractivity contribution is -0.115. The van der Waals surface area contributed by atoms with Crippen molar-refractivity contribution < 1.29 is 4.79 Å². The van der Waals surface area contributed by atoms with Crippen LogP contribution in [0.2, 0.25) is 0 Å². The predicted octanol–water partition coefficient (Wildman–Crippen LogP) is 4.47. The zero-order valence-electron chi connectivity index (χ0n) is 15.7. The molecule has 1 heterocycles. The first-order valence-electron chi connectivity index (χ1n) is 8.90. The third-order valence-corrected chi connectivity index (χ3v) is 5.24. The first kappa shape index (κ1) is 19.0. The van der Waals surface area contributed by atoms with Crippen molar-refractivity contribution in [2.75, 3.05) is 17.7 Å². The Morgan fingerprint density at radius 3 is 2.63 bits per heavy atom. The summed E-state index contributed by atoms with van der Waals surface area (Å²) in [7, 11) is 1.85. The van der Waals surface area contributed by atoms with Crippen LogP contribution in [0.3, 0.4) is 0 Å². The van der Waals surface area contributed by atoms with Gasteiger partial charge in [0.15, 0.2) is 5.16 Å². The zero-order valence-corrected chi connectivity index (χ0v) is 16.6. The van der Waals surface area contributed by atoms with Gasteiger partial charge in [-0.05, 0) is 37.6 Å². The second kappa shape index (κ2) is 8.77. The van der Waals surface area contributed by atoms with Crippen molar-refractivity contribution in [1.82, 2.24) is 9.97 Å². The number of carbonyl (C=O) groups excluding carboxylic acids is 1. The van der Waals surface area contributed by atoms with E-state index >= 15 is 0 Å². The molecule has 0 aliphatic carbocycles. The van der Waals surface area contributed by atoms with Gasteiger partial charge in [0, 0.05) is 30.5 Å². The molecule has 3 aromatic rings. The Hall–Kier alpha value is -2.73. The first-order valence-corrected chi connectivity index (χ1v) is 9.78. The Labute approximate surface area is 164 Å². The minimum Gasteiger partial charge on any atom is -0.388 e. The van der Waals surface area contributed by atoms with Gasteiger partial charge in [0.1, 0.15) is 0 Å². The second-order valence-electron chi connectivity index (χ2n) is 6.36. The molecular formula is C21H24N4OS. The lowest BCUT2D eigenvalue weighted by Gasteiger charge is -2.11. The Morgan fingerprint density at radius 2 is 1.89 bits per heavy atom. The molecule has 5 nitrogen and oxygen atoms in total. The van der Waals surface area contributed by atoms with E-state index in [9.17, 15) is 4.79 Å². The summed E-state index contributed by atoms with van der Waals surface area (Å²) < 4.78 is 0. The van der Waals surface area contributed by atoms with Crippen LogP contribution < -0.4 is 10.6 Å². The third-order valence-electron chi connectivity index (χ3n) is 4.25. The second-order valence-corrected chi connectivity index (χ2v) is 7.69. The smallest absolute Gasteiger partial charge is 0.237 e. The van der Waals surface area contributed by atoms with Crippen molar-refractivity contribution in [1.29, 1.82) is 0 Å². The number of amides is 1. The molecule has 140 valence electrons. The molecule has 2 aromatic carbocycles. The van der Waals surface area contributed by atoms with Gasteiger partial charge in [0.05, 0.1) is 10.9 Å². The highest BCUT2D eigenvalue weighted by molar-refractivity contribution is 8.00. The number of anilines is 2. The number of nitrogens with one attached hydrogen (secondary N) is 3. The molecule has 0 aliphatic heterocycles.